The van der Waals surface area contributed by atoms with Crippen LogP contribution in [0.25, 0.3) is 28.0 Å². The summed E-state index contributed by atoms with van der Waals surface area (Å²) in [5, 5.41) is 11.8. The normalized spacial score (nSPS) is 10.5. The molecule has 1 N–H and O–H groups in total. The summed E-state index contributed by atoms with van der Waals surface area (Å²) in [7, 11) is 0. The van der Waals surface area contributed by atoms with Crippen LogP contribution in [0, 0.1) is 29.9 Å². The Hall–Kier alpha value is -2.53. The van der Waals surface area contributed by atoms with Crippen molar-refractivity contribution < 1.29 is 11.6 Å². The van der Waals surface area contributed by atoms with Gasteiger partial charge in [0, 0.05) is 34.5 Å². The van der Waals surface area contributed by atoms with Crippen molar-refractivity contribution in [2.75, 3.05) is 0 Å². The van der Waals surface area contributed by atoms with Crippen molar-refractivity contribution in [3.8, 4) is 28.5 Å². The molecule has 8 heteroatoms. The van der Waals surface area contributed by atoms with Gasteiger partial charge in [0.15, 0.2) is 5.65 Å². The molecule has 28 heavy (non-hydrogen) atoms. The van der Waals surface area contributed by atoms with Crippen molar-refractivity contribution in [1.82, 2.24) is 14.6 Å². The monoisotopic (exact) mass is 404 g/mol. The summed E-state index contributed by atoms with van der Waals surface area (Å²) in [5.74, 6) is -1.42. The average molecular weight is 404 g/mol. The molecule has 0 bridgehead atoms. The van der Waals surface area contributed by atoms with Crippen LogP contribution in [0.4, 0.5) is 8.78 Å². The van der Waals surface area contributed by atoms with E-state index >= 15 is 0 Å². The Balaban J connectivity index is 0.00000150. The van der Waals surface area contributed by atoms with E-state index in [1.54, 1.807) is 31.2 Å². The molecule has 0 aliphatic rings. The minimum Gasteiger partial charge on any atom is -1.00 e. The van der Waals surface area contributed by atoms with E-state index in [0.29, 0.717) is 28.1 Å². The van der Waals surface area contributed by atoms with E-state index in [-0.39, 0.29) is 57.4 Å². The first-order valence-corrected chi connectivity index (χ1v) is 8.06. The molecule has 2 aromatic heterocycles. The number of aromatic nitrogens is 3. The Morgan fingerprint density at radius 2 is 1.86 bits per heavy atom. The fourth-order valence-electron chi connectivity index (χ4n) is 3.03. The summed E-state index contributed by atoms with van der Waals surface area (Å²) in [6.45, 7) is 1.69. The molecule has 0 saturated heterocycles. The first-order chi connectivity index (χ1) is 13.0. The van der Waals surface area contributed by atoms with Gasteiger partial charge in [0.05, 0.1) is 17.3 Å². The van der Waals surface area contributed by atoms with Crippen LogP contribution in [-0.2, 0) is 0 Å². The van der Waals surface area contributed by atoms with Crippen LogP contribution in [0.2, 0.25) is 0 Å². The van der Waals surface area contributed by atoms with Crippen LogP contribution in [-0.4, -0.2) is 52.3 Å². The van der Waals surface area contributed by atoms with Crippen LogP contribution in [0.5, 0.6) is 0 Å². The van der Waals surface area contributed by atoms with E-state index in [1.807, 2.05) is 6.07 Å². The van der Waals surface area contributed by atoms with Crippen LogP contribution in [0.15, 0.2) is 53.3 Å². The van der Waals surface area contributed by atoms with Gasteiger partial charge in [-0.2, -0.15) is 5.26 Å². The van der Waals surface area contributed by atoms with E-state index in [9.17, 15) is 13.6 Å². The minimum absolute atomic E-state index is 0. The van der Waals surface area contributed by atoms with E-state index in [0.717, 1.165) is 12.1 Å². The van der Waals surface area contributed by atoms with E-state index < -0.39 is 11.6 Å². The Bertz CT molecular complexity index is 1300. The zero-order valence-corrected chi connectivity index (χ0v) is 17.0. The number of nitrogens with one attached hydrogen (secondary N) is 1. The number of nitriles is 1. The molecule has 4 aromatic rings. The molecule has 0 fully saturated rings. The fourth-order valence-corrected chi connectivity index (χ4v) is 3.03. The Kier molecular flexibility index (Phi) is 5.66. The number of hydrogen-bond acceptors (Lipinski definition) is 3. The van der Waals surface area contributed by atoms with E-state index in [4.69, 9.17) is 5.26 Å². The second kappa shape index (κ2) is 7.84. The molecule has 4 rings (SSSR count). The Morgan fingerprint density at radius 3 is 2.50 bits per heavy atom. The van der Waals surface area contributed by atoms with Crippen molar-refractivity contribution in [2.24, 2.45) is 0 Å². The Morgan fingerprint density at radius 1 is 1.14 bits per heavy atom. The Labute approximate surface area is 191 Å². The second-order valence-electron chi connectivity index (χ2n) is 6.06. The van der Waals surface area contributed by atoms with Crippen LogP contribution in [0.3, 0.4) is 0 Å². The maximum Gasteiger partial charge on any atom is 2.00 e. The van der Waals surface area contributed by atoms with Crippen molar-refractivity contribution >= 4 is 43.4 Å². The first-order valence-electron chi connectivity index (χ1n) is 8.06. The average Bonchev–Trinajstić information content (AvgIpc) is 2.98. The van der Waals surface area contributed by atoms with E-state index in [2.05, 4.69) is 10.1 Å². The van der Waals surface area contributed by atoms with Gasteiger partial charge >= 0.3 is 37.7 Å². The zero-order valence-electron chi connectivity index (χ0n) is 16.8. The van der Waals surface area contributed by atoms with Gasteiger partial charge < -0.3 is 2.85 Å². The van der Waals surface area contributed by atoms with Crippen LogP contribution < -0.4 is 5.56 Å². The maximum absolute atomic E-state index is 14.3. The summed E-state index contributed by atoms with van der Waals surface area (Å²) < 4.78 is 28.8. The third-order valence-electron chi connectivity index (χ3n) is 4.31. The number of nitrogens with zero attached hydrogens (tertiary/aromatic N) is 3. The fraction of sp³-hybridized carbons (Fsp3) is 0.0500. The van der Waals surface area contributed by atoms with Crippen LogP contribution in [0.1, 0.15) is 14.1 Å². The first kappa shape index (κ1) is 20.2. The molecule has 0 atom stereocenters. The molecular formula is C20H14CaF2N4O. The van der Waals surface area contributed by atoms with Gasteiger partial charge in [-0.3, -0.25) is 9.89 Å². The maximum atomic E-state index is 14.3. The quantitative estimate of drug-likeness (QED) is 0.518. The van der Waals surface area contributed by atoms with Gasteiger partial charge in [0.1, 0.15) is 11.6 Å². The van der Waals surface area contributed by atoms with Crippen molar-refractivity contribution in [1.29, 1.82) is 5.26 Å². The summed E-state index contributed by atoms with van der Waals surface area (Å²) in [4.78, 5) is 17.0. The number of rotatable bonds is 2. The summed E-state index contributed by atoms with van der Waals surface area (Å²) in [6.07, 6.45) is 0. The molecular weight excluding hydrogens is 390 g/mol. The zero-order chi connectivity index (χ0) is 19.1. The molecule has 0 radical (unpaired) electrons. The molecule has 2 aromatic carbocycles. The second-order valence-corrected chi connectivity index (χ2v) is 6.06. The van der Waals surface area contributed by atoms with Crippen molar-refractivity contribution in [3.63, 3.8) is 0 Å². The molecule has 0 unspecified atom stereocenters. The molecule has 2 heterocycles. The predicted octanol–water partition coefficient (Wildman–Crippen LogP) is 3.66. The molecule has 0 aliphatic carbocycles. The minimum atomic E-state index is -0.738. The molecule has 0 aliphatic heterocycles. The number of aryl methyl sites for hydroxylation is 1. The molecule has 136 valence electrons. The molecule has 5 nitrogen and oxygen atoms in total. The number of fused-ring (bicyclic) bond motifs is 1. The third kappa shape index (κ3) is 3.47. The number of benzene rings is 2. The van der Waals surface area contributed by atoms with Crippen molar-refractivity contribution in [2.45, 2.75) is 6.92 Å². The SMILES string of the molecule is Cc1[nH]n2c(=O)cc(-c3ccc(C#N)cc3)nc2c1-c1ccc(F)cc1F.[Ca+2].[H-].[H-]. The number of aromatic amines is 1. The largest absolute Gasteiger partial charge is 2.00 e. The predicted molar refractivity (Wildman–Crippen MR) is 104 cm³/mol. The van der Waals surface area contributed by atoms with Crippen molar-refractivity contribution in [3.05, 3.63) is 81.8 Å². The summed E-state index contributed by atoms with van der Waals surface area (Å²) in [6, 6.07) is 13.3. The van der Waals surface area contributed by atoms with E-state index in [1.165, 1.54) is 16.6 Å². The van der Waals surface area contributed by atoms with Gasteiger partial charge in [0.25, 0.3) is 5.56 Å². The number of halogens is 2. The molecule has 0 saturated carbocycles. The topological polar surface area (TPSA) is 73.9 Å². The number of H-pyrrole nitrogens is 1. The van der Waals surface area contributed by atoms with Gasteiger partial charge in [-0.1, -0.05) is 12.1 Å². The summed E-state index contributed by atoms with van der Waals surface area (Å²) >= 11 is 0. The molecule has 0 spiro atoms. The summed E-state index contributed by atoms with van der Waals surface area (Å²) in [5.41, 5.74) is 2.48. The van der Waals surface area contributed by atoms with Crippen LogP contribution >= 0.6 is 0 Å². The van der Waals surface area contributed by atoms with Gasteiger partial charge in [0.2, 0.25) is 0 Å². The van der Waals surface area contributed by atoms with Gasteiger partial charge in [-0.15, -0.1) is 0 Å². The molecule has 0 amide bonds. The third-order valence-corrected chi connectivity index (χ3v) is 4.31. The van der Waals surface area contributed by atoms with Gasteiger partial charge in [-0.05, 0) is 31.2 Å². The number of hydrogen-bond donors (Lipinski definition) is 1. The smallest absolute Gasteiger partial charge is 1.00 e. The van der Waals surface area contributed by atoms with Gasteiger partial charge in [-0.25, -0.2) is 18.3 Å². The standard InChI is InChI=1S/C20H12F2N4O.Ca.2H/c1-11-19(15-7-6-14(21)8-16(15)22)20-24-17(9-18(27)26(20)25-11)13-4-2-12(10-23)3-5-13;;;/h2-9,25H,1H3;;;/q;+2;2*-1.